The number of ketones is 1. The summed E-state index contributed by atoms with van der Waals surface area (Å²) in [6.45, 7) is -0.0326. The van der Waals surface area contributed by atoms with E-state index in [2.05, 4.69) is 4.98 Å². The summed E-state index contributed by atoms with van der Waals surface area (Å²) in [5.74, 6) is -3.60. The number of rotatable bonds is 8. The molecule has 3 aromatic carbocycles. The van der Waals surface area contributed by atoms with Crippen molar-refractivity contribution in [2.45, 2.75) is 31.6 Å². The molecule has 0 atom stereocenters. The third-order valence-electron chi connectivity index (χ3n) is 8.02. The number of fused-ring (bicyclic) bond motifs is 1. The molecule has 46 heavy (non-hydrogen) atoms. The van der Waals surface area contributed by atoms with Crippen molar-refractivity contribution in [3.8, 4) is 22.3 Å². The van der Waals surface area contributed by atoms with Gasteiger partial charge >= 0.3 is 0 Å². The number of furan rings is 1. The number of aryl methyl sites for hydroxylation is 1. The SMILES string of the molecule is Nc1ccc(/C=C/C(=O)CCc2cc3cc(-c4ccc(C(=O)N5CCC(F)(F)CC5)cc4)cc(-c4cc(F)ccc4F)c3o2)cn1. The summed E-state index contributed by atoms with van der Waals surface area (Å²) >= 11 is 0. The first-order valence-electron chi connectivity index (χ1n) is 14.8. The Labute approximate surface area is 262 Å². The van der Waals surface area contributed by atoms with Crippen LogP contribution in [0.25, 0.3) is 39.3 Å². The highest BCUT2D eigenvalue weighted by molar-refractivity contribution is 5.98. The lowest BCUT2D eigenvalue weighted by Gasteiger charge is -2.31. The Hall–Kier alpha value is -5.25. The molecule has 0 spiro atoms. The number of anilines is 1. The molecule has 10 heteroatoms. The fraction of sp³-hybridized carbons (Fsp3) is 0.194. The number of hydrogen-bond acceptors (Lipinski definition) is 5. The third-order valence-corrected chi connectivity index (χ3v) is 8.02. The quantitative estimate of drug-likeness (QED) is 0.139. The van der Waals surface area contributed by atoms with Gasteiger partial charge in [0, 0.05) is 67.0 Å². The zero-order chi connectivity index (χ0) is 32.4. The molecule has 1 fully saturated rings. The monoisotopic (exact) mass is 627 g/mol. The smallest absolute Gasteiger partial charge is 0.253 e. The first-order valence-corrected chi connectivity index (χ1v) is 14.8. The molecule has 0 saturated carbocycles. The third kappa shape index (κ3) is 6.86. The number of likely N-dealkylation sites (tertiary alicyclic amines) is 1. The van der Waals surface area contributed by atoms with Gasteiger partial charge in [-0.2, -0.15) is 0 Å². The normalized spacial score (nSPS) is 14.7. The second kappa shape index (κ2) is 12.6. The number of nitrogens with two attached hydrogens (primary N) is 1. The van der Waals surface area contributed by atoms with Gasteiger partial charge in [0.25, 0.3) is 11.8 Å². The van der Waals surface area contributed by atoms with Crippen molar-refractivity contribution in [3.63, 3.8) is 0 Å². The van der Waals surface area contributed by atoms with E-state index in [9.17, 15) is 22.8 Å². The summed E-state index contributed by atoms with van der Waals surface area (Å²) in [5.41, 5.74) is 8.72. The minimum absolute atomic E-state index is 0.0116. The summed E-state index contributed by atoms with van der Waals surface area (Å²) in [4.78, 5) is 30.9. The number of aromatic nitrogens is 1. The minimum Gasteiger partial charge on any atom is -0.460 e. The predicted octanol–water partition coefficient (Wildman–Crippen LogP) is 8.11. The van der Waals surface area contributed by atoms with Gasteiger partial charge in [0.2, 0.25) is 0 Å². The van der Waals surface area contributed by atoms with Crippen LogP contribution in [0.3, 0.4) is 0 Å². The molecule has 6 nitrogen and oxygen atoms in total. The Kier molecular flexibility index (Phi) is 8.44. The van der Waals surface area contributed by atoms with E-state index >= 15 is 4.39 Å². The highest BCUT2D eigenvalue weighted by Gasteiger charge is 2.35. The molecule has 2 aromatic heterocycles. The van der Waals surface area contributed by atoms with E-state index in [0.717, 1.165) is 23.8 Å². The Morgan fingerprint density at radius 3 is 2.39 bits per heavy atom. The molecule has 1 saturated heterocycles. The van der Waals surface area contributed by atoms with Crippen molar-refractivity contribution in [2.75, 3.05) is 18.8 Å². The molecule has 0 radical (unpaired) electrons. The second-order valence-corrected chi connectivity index (χ2v) is 11.3. The highest BCUT2D eigenvalue weighted by Crippen LogP contribution is 2.38. The Bertz CT molecular complexity index is 1940. The number of allylic oxidation sites excluding steroid dienone is 1. The van der Waals surface area contributed by atoms with Gasteiger partial charge in [-0.1, -0.05) is 12.1 Å². The topological polar surface area (TPSA) is 89.4 Å². The van der Waals surface area contributed by atoms with Crippen molar-refractivity contribution in [2.24, 2.45) is 0 Å². The predicted molar refractivity (Wildman–Crippen MR) is 168 cm³/mol. The molecule has 234 valence electrons. The maximum atomic E-state index is 15.0. The second-order valence-electron chi connectivity index (χ2n) is 11.3. The molecular weight excluding hydrogens is 598 g/mol. The maximum Gasteiger partial charge on any atom is 0.253 e. The fourth-order valence-electron chi connectivity index (χ4n) is 5.46. The van der Waals surface area contributed by atoms with Crippen molar-refractivity contribution in [1.29, 1.82) is 0 Å². The number of alkyl halides is 2. The first-order chi connectivity index (χ1) is 22.0. The molecule has 2 N–H and O–H groups in total. The number of pyridine rings is 1. The molecule has 1 aliphatic rings. The standard InChI is InChI=1S/C36H29F4N3O3/c37-27-7-11-32(38)30(20-27)31-19-25(23-3-5-24(6-4-23)35(45)43-15-13-36(39,40)14-16-43)17-26-18-29(46-34(26)31)10-9-28(44)8-1-22-2-12-33(41)42-21-22/h1-8,11-12,17-21H,9-10,13-16H2,(H2,41,42)/b8-1+. The van der Waals surface area contributed by atoms with Crippen molar-refractivity contribution < 1.29 is 31.6 Å². The van der Waals surface area contributed by atoms with Gasteiger partial charge in [0.1, 0.15) is 28.8 Å². The van der Waals surface area contributed by atoms with Crippen LogP contribution in [-0.2, 0) is 11.2 Å². The zero-order valence-corrected chi connectivity index (χ0v) is 24.6. The summed E-state index contributed by atoms with van der Waals surface area (Å²) in [6.07, 6.45) is 4.36. The molecule has 1 amide bonds. The van der Waals surface area contributed by atoms with Crippen molar-refractivity contribution in [3.05, 3.63) is 114 Å². The van der Waals surface area contributed by atoms with E-state index in [4.69, 9.17) is 10.2 Å². The number of amides is 1. The lowest BCUT2D eigenvalue weighted by Crippen LogP contribution is -2.42. The van der Waals surface area contributed by atoms with Crippen LogP contribution in [0.15, 0.2) is 89.5 Å². The van der Waals surface area contributed by atoms with Gasteiger partial charge in [-0.05, 0) is 89.5 Å². The number of benzene rings is 3. The van der Waals surface area contributed by atoms with Crippen LogP contribution in [-0.4, -0.2) is 40.6 Å². The fourth-order valence-corrected chi connectivity index (χ4v) is 5.46. The number of nitrogens with zero attached hydrogens (tertiary/aromatic N) is 2. The molecule has 3 heterocycles. The van der Waals surface area contributed by atoms with Gasteiger partial charge in [-0.25, -0.2) is 22.5 Å². The summed E-state index contributed by atoms with van der Waals surface area (Å²) in [6, 6.07) is 18.6. The molecule has 1 aliphatic heterocycles. The van der Waals surface area contributed by atoms with Crippen LogP contribution in [0.1, 0.15) is 40.9 Å². The zero-order valence-electron chi connectivity index (χ0n) is 24.6. The summed E-state index contributed by atoms with van der Waals surface area (Å²) in [5, 5.41) is 0.622. The first kappa shape index (κ1) is 30.8. The van der Waals surface area contributed by atoms with E-state index in [0.29, 0.717) is 44.8 Å². The van der Waals surface area contributed by atoms with Gasteiger partial charge in [-0.15, -0.1) is 0 Å². The lowest BCUT2D eigenvalue weighted by atomic mass is 9.95. The molecular formula is C36H29F4N3O3. The number of carbonyl (C=O) groups excluding carboxylic acids is 2. The van der Waals surface area contributed by atoms with Gasteiger partial charge in [0.15, 0.2) is 5.78 Å². The maximum absolute atomic E-state index is 15.0. The highest BCUT2D eigenvalue weighted by atomic mass is 19.3. The van der Waals surface area contributed by atoms with Gasteiger partial charge in [0.05, 0.1) is 0 Å². The van der Waals surface area contributed by atoms with E-state index in [-0.39, 0.29) is 56.0 Å². The van der Waals surface area contributed by atoms with Crippen LogP contribution >= 0.6 is 0 Å². The molecule has 5 aromatic rings. The lowest BCUT2D eigenvalue weighted by molar-refractivity contribution is -0.114. The van der Waals surface area contributed by atoms with Gasteiger partial charge < -0.3 is 15.1 Å². The van der Waals surface area contributed by atoms with E-state index in [1.54, 1.807) is 60.8 Å². The van der Waals surface area contributed by atoms with Crippen LogP contribution in [0.2, 0.25) is 0 Å². The van der Waals surface area contributed by atoms with Crippen molar-refractivity contribution >= 4 is 34.6 Å². The molecule has 0 bridgehead atoms. The molecule has 0 unspecified atom stereocenters. The number of hydrogen-bond donors (Lipinski definition) is 1. The largest absolute Gasteiger partial charge is 0.460 e. The molecule has 0 aliphatic carbocycles. The summed E-state index contributed by atoms with van der Waals surface area (Å²) in [7, 11) is 0. The average Bonchev–Trinajstić information content (AvgIpc) is 3.47. The number of piperidine rings is 1. The number of nitrogen functional groups attached to an aromatic ring is 1. The van der Waals surface area contributed by atoms with Crippen molar-refractivity contribution in [1.82, 2.24) is 9.88 Å². The van der Waals surface area contributed by atoms with Crippen LogP contribution in [0.5, 0.6) is 0 Å². The molecule has 6 rings (SSSR count). The average molecular weight is 628 g/mol. The van der Waals surface area contributed by atoms with Gasteiger partial charge in [-0.3, -0.25) is 9.59 Å². The minimum atomic E-state index is -2.76. The summed E-state index contributed by atoms with van der Waals surface area (Å²) < 4.78 is 62.5. The van der Waals surface area contributed by atoms with E-state index in [1.165, 1.54) is 11.0 Å². The van der Waals surface area contributed by atoms with Crippen LogP contribution in [0.4, 0.5) is 23.4 Å². The number of carbonyl (C=O) groups is 2. The Balaban J connectivity index is 1.27. The van der Waals surface area contributed by atoms with E-state index in [1.807, 2.05) is 6.07 Å². The Morgan fingerprint density at radius 2 is 1.67 bits per heavy atom. The number of halogens is 4. The van der Waals surface area contributed by atoms with Crippen LogP contribution in [0, 0.1) is 11.6 Å². The van der Waals surface area contributed by atoms with E-state index < -0.39 is 17.6 Å². The van der Waals surface area contributed by atoms with Crippen LogP contribution < -0.4 is 5.73 Å². The Morgan fingerprint density at radius 1 is 0.913 bits per heavy atom.